The van der Waals surface area contributed by atoms with Crippen LogP contribution in [0.1, 0.15) is 50.7 Å². The first kappa shape index (κ1) is 27.3. The number of hydrogen-bond donors (Lipinski definition) is 2. The first-order chi connectivity index (χ1) is 19.8. The van der Waals surface area contributed by atoms with Gasteiger partial charge in [0.2, 0.25) is 0 Å². The first-order valence-electron chi connectivity index (χ1n) is 13.5. The maximum absolute atomic E-state index is 14.4. The molecule has 206 valence electrons. The van der Waals surface area contributed by atoms with Crippen LogP contribution in [-0.4, -0.2) is 25.6 Å². The molecule has 3 aromatic heterocycles. The quantitative estimate of drug-likeness (QED) is 0.249. The number of hydrogen-bond acceptors (Lipinski definition) is 8. The maximum Gasteiger partial charge on any atom is 0.266 e. The minimum Gasteiger partial charge on any atom is -0.489 e. The molecule has 0 saturated carbocycles. The summed E-state index contributed by atoms with van der Waals surface area (Å²) in [6, 6.07) is 18.6. The summed E-state index contributed by atoms with van der Waals surface area (Å²) >= 11 is 0. The number of nitrogens with two attached hydrogens (primary N) is 1. The minimum atomic E-state index is -0.473. The summed E-state index contributed by atoms with van der Waals surface area (Å²) < 4.78 is 7.48. The molecule has 0 aliphatic carbocycles. The van der Waals surface area contributed by atoms with Crippen LogP contribution in [0.15, 0.2) is 78.0 Å². The molecule has 0 fully saturated rings. The Morgan fingerprint density at radius 3 is 2.56 bits per heavy atom. The fraction of sp³-hybridized carbons (Fsp3) is 0.219. The van der Waals surface area contributed by atoms with Crippen LogP contribution >= 0.6 is 0 Å². The second-order valence-corrected chi connectivity index (χ2v) is 9.96. The average Bonchev–Trinajstić information content (AvgIpc) is 2.97. The van der Waals surface area contributed by atoms with Crippen LogP contribution in [0.3, 0.4) is 0 Å². The lowest BCUT2D eigenvalue weighted by atomic mass is 10.0. The van der Waals surface area contributed by atoms with Crippen LogP contribution in [0.4, 0.5) is 11.5 Å². The molecular formula is C32H31N7O2. The number of nitriles is 1. The Labute approximate surface area is 238 Å². The van der Waals surface area contributed by atoms with E-state index in [0.717, 1.165) is 11.1 Å². The van der Waals surface area contributed by atoms with Gasteiger partial charge in [0.15, 0.2) is 0 Å². The molecule has 41 heavy (non-hydrogen) atoms. The van der Waals surface area contributed by atoms with E-state index in [1.54, 1.807) is 17.0 Å². The third kappa shape index (κ3) is 5.32. The van der Waals surface area contributed by atoms with E-state index in [-0.39, 0.29) is 11.7 Å². The van der Waals surface area contributed by atoms with Gasteiger partial charge in [0.05, 0.1) is 46.2 Å². The normalized spacial score (nSPS) is 11.8. The Morgan fingerprint density at radius 2 is 1.85 bits per heavy atom. The van der Waals surface area contributed by atoms with Gasteiger partial charge in [-0.25, -0.2) is 9.97 Å². The van der Waals surface area contributed by atoms with E-state index in [1.807, 2.05) is 82.3 Å². The molecule has 3 heterocycles. The van der Waals surface area contributed by atoms with Gasteiger partial charge in [-0.2, -0.15) is 5.26 Å². The van der Waals surface area contributed by atoms with Crippen molar-refractivity contribution in [1.82, 2.24) is 19.5 Å². The summed E-state index contributed by atoms with van der Waals surface area (Å²) in [6.45, 7) is 7.76. The molecule has 3 N–H and O–H groups in total. The third-order valence-corrected chi connectivity index (χ3v) is 6.77. The summed E-state index contributed by atoms with van der Waals surface area (Å²) in [5, 5.41) is 13.7. The van der Waals surface area contributed by atoms with Gasteiger partial charge in [-0.05, 0) is 57.0 Å². The van der Waals surface area contributed by atoms with Gasteiger partial charge >= 0.3 is 0 Å². The molecule has 5 aromatic rings. The van der Waals surface area contributed by atoms with E-state index >= 15 is 0 Å². The van der Waals surface area contributed by atoms with Crippen molar-refractivity contribution in [2.24, 2.45) is 0 Å². The zero-order valence-corrected chi connectivity index (χ0v) is 23.4. The van der Waals surface area contributed by atoms with Crippen LogP contribution in [0.25, 0.3) is 27.7 Å². The zero-order valence-electron chi connectivity index (χ0n) is 23.4. The molecule has 0 aliphatic heterocycles. The number of nitrogens with one attached hydrogen (secondary N) is 1. The zero-order chi connectivity index (χ0) is 29.1. The van der Waals surface area contributed by atoms with Gasteiger partial charge in [-0.1, -0.05) is 37.3 Å². The van der Waals surface area contributed by atoms with Crippen molar-refractivity contribution in [2.45, 2.75) is 46.3 Å². The van der Waals surface area contributed by atoms with E-state index in [2.05, 4.69) is 21.4 Å². The van der Waals surface area contributed by atoms with Gasteiger partial charge in [-0.3, -0.25) is 14.3 Å². The molecule has 5 rings (SSSR count). The van der Waals surface area contributed by atoms with Crippen molar-refractivity contribution < 1.29 is 4.74 Å². The van der Waals surface area contributed by atoms with Crippen LogP contribution in [0.5, 0.6) is 5.75 Å². The molecule has 2 aromatic carbocycles. The number of ether oxygens (including phenoxy) is 1. The number of pyridine rings is 2. The second-order valence-electron chi connectivity index (χ2n) is 9.96. The lowest BCUT2D eigenvalue weighted by molar-refractivity contribution is 0.241. The molecular weight excluding hydrogens is 514 g/mol. The van der Waals surface area contributed by atoms with Crippen molar-refractivity contribution in [2.75, 3.05) is 11.1 Å². The van der Waals surface area contributed by atoms with Crippen molar-refractivity contribution in [3.05, 3.63) is 100 Å². The highest BCUT2D eigenvalue weighted by molar-refractivity contribution is 5.94. The Kier molecular flexibility index (Phi) is 7.66. The maximum atomic E-state index is 14.4. The minimum absolute atomic E-state index is 0.0152. The Hall–Kier alpha value is -5.23. The monoisotopic (exact) mass is 545 g/mol. The van der Waals surface area contributed by atoms with Crippen molar-refractivity contribution >= 4 is 22.4 Å². The Morgan fingerprint density at radius 1 is 1.07 bits per heavy atom. The van der Waals surface area contributed by atoms with Gasteiger partial charge in [0, 0.05) is 23.5 Å². The van der Waals surface area contributed by atoms with E-state index < -0.39 is 6.04 Å². The number of benzene rings is 2. The number of rotatable bonds is 8. The molecule has 1 atom stereocenters. The van der Waals surface area contributed by atoms with Gasteiger partial charge in [0.1, 0.15) is 23.5 Å². The third-order valence-electron chi connectivity index (χ3n) is 6.77. The van der Waals surface area contributed by atoms with Crippen LogP contribution in [0.2, 0.25) is 0 Å². The van der Waals surface area contributed by atoms with Crippen LogP contribution in [-0.2, 0) is 6.42 Å². The highest BCUT2D eigenvalue weighted by Crippen LogP contribution is 2.32. The number of nitrogens with zero attached hydrogens (tertiary/aromatic N) is 5. The number of nitrogen functional groups attached to an aromatic ring is 1. The topological polar surface area (TPSA) is 132 Å². The molecule has 0 aliphatic rings. The molecule has 0 bridgehead atoms. The number of anilines is 2. The fourth-order valence-electron chi connectivity index (χ4n) is 4.96. The predicted molar refractivity (Wildman–Crippen MR) is 161 cm³/mol. The number of aromatic nitrogens is 4. The van der Waals surface area contributed by atoms with Crippen LogP contribution < -0.4 is 21.3 Å². The first-order valence-corrected chi connectivity index (χ1v) is 13.5. The molecule has 9 heteroatoms. The smallest absolute Gasteiger partial charge is 0.266 e. The molecule has 0 saturated heterocycles. The van der Waals surface area contributed by atoms with Gasteiger partial charge < -0.3 is 15.8 Å². The molecule has 9 nitrogen and oxygen atoms in total. The summed E-state index contributed by atoms with van der Waals surface area (Å²) in [4.78, 5) is 28.0. The lowest BCUT2D eigenvalue weighted by Gasteiger charge is -2.23. The Balaban J connectivity index is 1.73. The van der Waals surface area contributed by atoms with E-state index in [9.17, 15) is 10.1 Å². The molecule has 0 amide bonds. The largest absolute Gasteiger partial charge is 0.489 e. The highest BCUT2D eigenvalue weighted by atomic mass is 16.5. The SMILES string of the molecule is CCc1c(N)ncc(C#N)c1NC(C)c1nc2cccc(-c3cncc(OC(C)C)c3)c2c(=O)n1-c1ccccc1. The van der Waals surface area contributed by atoms with E-state index in [1.165, 1.54) is 6.20 Å². The van der Waals surface area contributed by atoms with Gasteiger partial charge in [-0.15, -0.1) is 0 Å². The van der Waals surface area contributed by atoms with Crippen molar-refractivity contribution in [1.29, 1.82) is 5.26 Å². The van der Waals surface area contributed by atoms with Gasteiger partial charge in [0.25, 0.3) is 5.56 Å². The molecule has 0 spiro atoms. The fourth-order valence-corrected chi connectivity index (χ4v) is 4.96. The molecule has 1 unspecified atom stereocenters. The summed E-state index contributed by atoms with van der Waals surface area (Å²) in [5.41, 5.74) is 10.3. The highest BCUT2D eigenvalue weighted by Gasteiger charge is 2.22. The van der Waals surface area contributed by atoms with E-state index in [4.69, 9.17) is 15.5 Å². The Bertz CT molecular complexity index is 1820. The standard InChI is InChI=1S/C32H31N7O2/c1-5-25-29(22(15-33)17-36-30(25)34)37-20(4)31-38-27-13-9-12-26(21-14-24(18-35-16-21)41-19(2)3)28(27)32(40)39(31)23-10-7-6-8-11-23/h6-14,16-20H,5H2,1-4H3,(H3,34,36,37). The summed E-state index contributed by atoms with van der Waals surface area (Å²) in [7, 11) is 0. The predicted octanol–water partition coefficient (Wildman–Crippen LogP) is 5.82. The van der Waals surface area contributed by atoms with Crippen molar-refractivity contribution in [3.63, 3.8) is 0 Å². The number of para-hydroxylation sites is 1. The van der Waals surface area contributed by atoms with Crippen molar-refractivity contribution in [3.8, 4) is 28.6 Å². The summed E-state index contributed by atoms with van der Waals surface area (Å²) in [6.07, 6.45) is 5.40. The number of fused-ring (bicyclic) bond motifs is 1. The lowest BCUT2D eigenvalue weighted by Crippen LogP contribution is -2.28. The van der Waals surface area contributed by atoms with Crippen LogP contribution in [0, 0.1) is 11.3 Å². The summed E-state index contributed by atoms with van der Waals surface area (Å²) in [5.74, 6) is 1.47. The molecule has 0 radical (unpaired) electrons. The second kappa shape index (κ2) is 11.5. The average molecular weight is 546 g/mol. The van der Waals surface area contributed by atoms with E-state index in [0.29, 0.717) is 57.2 Å².